The molecule has 1 aromatic carbocycles. The summed E-state index contributed by atoms with van der Waals surface area (Å²) < 4.78 is 0. The molecule has 2 nitrogen and oxygen atoms in total. The number of hydrogen-bond acceptors (Lipinski definition) is 2. The number of benzene rings is 1. The maximum absolute atomic E-state index is 10.7. The average Bonchev–Trinajstić information content (AvgIpc) is 2.73. The molecule has 0 aliphatic carbocycles. The van der Waals surface area contributed by atoms with Crippen LogP contribution in [0, 0.1) is 0 Å². The minimum Gasteiger partial charge on any atom is -0.384 e. The minimum absolute atomic E-state index is 0.509. The van der Waals surface area contributed by atoms with Crippen molar-refractivity contribution in [1.82, 2.24) is 4.90 Å². The van der Waals surface area contributed by atoms with Gasteiger partial charge in [-0.1, -0.05) is 42.6 Å². The average molecular weight is 288 g/mol. The molecule has 0 saturated carbocycles. The number of halogens is 2. The largest absolute Gasteiger partial charge is 0.384 e. The second-order valence-corrected chi connectivity index (χ2v) is 5.85. The van der Waals surface area contributed by atoms with Crippen molar-refractivity contribution < 1.29 is 5.11 Å². The fraction of sp³-hybridized carbons (Fsp3) is 0.571. The summed E-state index contributed by atoms with van der Waals surface area (Å²) in [6.45, 7) is 4.86. The highest BCUT2D eigenvalue weighted by Gasteiger charge is 2.37. The van der Waals surface area contributed by atoms with Crippen molar-refractivity contribution in [2.24, 2.45) is 0 Å². The fourth-order valence-electron chi connectivity index (χ4n) is 2.46. The van der Waals surface area contributed by atoms with E-state index in [0.717, 1.165) is 25.1 Å². The van der Waals surface area contributed by atoms with E-state index >= 15 is 0 Å². The van der Waals surface area contributed by atoms with E-state index in [2.05, 4.69) is 11.8 Å². The van der Waals surface area contributed by atoms with Crippen molar-refractivity contribution in [3.63, 3.8) is 0 Å². The van der Waals surface area contributed by atoms with Crippen LogP contribution in [-0.2, 0) is 5.60 Å². The van der Waals surface area contributed by atoms with Gasteiger partial charge in [0.1, 0.15) is 5.60 Å². The molecule has 100 valence electrons. The molecule has 1 N–H and O–H groups in total. The lowest BCUT2D eigenvalue weighted by molar-refractivity contribution is 0.0460. The Labute approximate surface area is 119 Å². The Bertz CT molecular complexity index is 424. The van der Waals surface area contributed by atoms with Gasteiger partial charge in [0.2, 0.25) is 0 Å². The molecule has 1 heterocycles. The molecule has 1 saturated heterocycles. The van der Waals surface area contributed by atoms with Crippen LogP contribution in [0.25, 0.3) is 0 Å². The van der Waals surface area contributed by atoms with Crippen LogP contribution in [0.5, 0.6) is 0 Å². The van der Waals surface area contributed by atoms with Gasteiger partial charge in [0, 0.05) is 13.1 Å². The van der Waals surface area contributed by atoms with Gasteiger partial charge in [0.05, 0.1) is 10.0 Å². The molecule has 0 spiro atoms. The topological polar surface area (TPSA) is 23.5 Å². The third kappa shape index (κ3) is 3.00. The van der Waals surface area contributed by atoms with Gasteiger partial charge < -0.3 is 10.0 Å². The summed E-state index contributed by atoms with van der Waals surface area (Å²) in [5, 5.41) is 11.7. The van der Waals surface area contributed by atoms with E-state index in [-0.39, 0.29) is 0 Å². The molecular formula is C14H19Cl2NO. The van der Waals surface area contributed by atoms with Crippen LogP contribution in [0.1, 0.15) is 31.7 Å². The van der Waals surface area contributed by atoms with Gasteiger partial charge in [0.15, 0.2) is 0 Å². The van der Waals surface area contributed by atoms with Gasteiger partial charge in [-0.2, -0.15) is 0 Å². The van der Waals surface area contributed by atoms with Crippen molar-refractivity contribution in [3.05, 3.63) is 33.8 Å². The van der Waals surface area contributed by atoms with E-state index in [4.69, 9.17) is 23.2 Å². The van der Waals surface area contributed by atoms with Crippen molar-refractivity contribution in [2.75, 3.05) is 19.6 Å². The van der Waals surface area contributed by atoms with Crippen LogP contribution in [0.2, 0.25) is 10.0 Å². The van der Waals surface area contributed by atoms with Crippen LogP contribution in [0.3, 0.4) is 0 Å². The van der Waals surface area contributed by atoms with E-state index in [0.29, 0.717) is 16.6 Å². The molecule has 1 atom stereocenters. The normalized spacial score (nSPS) is 24.7. The molecule has 1 fully saturated rings. The Balaban J connectivity index is 2.10. The predicted molar refractivity (Wildman–Crippen MR) is 76.3 cm³/mol. The fourth-order valence-corrected chi connectivity index (χ4v) is 2.76. The lowest BCUT2D eigenvalue weighted by Crippen LogP contribution is -2.31. The minimum atomic E-state index is -0.776. The van der Waals surface area contributed by atoms with E-state index < -0.39 is 5.60 Å². The summed E-state index contributed by atoms with van der Waals surface area (Å²) in [4.78, 5) is 2.31. The number of nitrogens with zero attached hydrogens (tertiary/aromatic N) is 1. The van der Waals surface area contributed by atoms with Crippen molar-refractivity contribution in [1.29, 1.82) is 0 Å². The Morgan fingerprint density at radius 1 is 1.33 bits per heavy atom. The molecule has 1 aliphatic rings. The van der Waals surface area contributed by atoms with E-state index in [9.17, 15) is 5.11 Å². The van der Waals surface area contributed by atoms with Crippen molar-refractivity contribution in [2.45, 2.75) is 31.8 Å². The standard InChI is InChI=1S/C14H19Cl2NO/c1-2-3-7-17-8-6-14(18,10-17)11-4-5-12(15)13(16)9-11/h4-5,9,18H,2-3,6-8,10H2,1H3. The molecule has 1 aromatic rings. The van der Waals surface area contributed by atoms with Gasteiger partial charge in [-0.3, -0.25) is 0 Å². The van der Waals surface area contributed by atoms with Gasteiger partial charge in [-0.15, -0.1) is 0 Å². The van der Waals surface area contributed by atoms with Crippen molar-refractivity contribution in [3.8, 4) is 0 Å². The number of unbranched alkanes of at least 4 members (excludes halogenated alkanes) is 1. The zero-order valence-corrected chi connectivity index (χ0v) is 12.1. The maximum atomic E-state index is 10.7. The van der Waals surface area contributed by atoms with E-state index in [1.165, 1.54) is 12.8 Å². The predicted octanol–water partition coefficient (Wildman–Crippen LogP) is 3.69. The molecule has 4 heteroatoms. The molecule has 1 unspecified atom stereocenters. The van der Waals surface area contributed by atoms with Crippen LogP contribution >= 0.6 is 23.2 Å². The first kappa shape index (κ1) is 14.1. The molecule has 0 amide bonds. The number of aliphatic hydroxyl groups is 1. The van der Waals surface area contributed by atoms with Crippen LogP contribution < -0.4 is 0 Å². The van der Waals surface area contributed by atoms with E-state index in [1.807, 2.05) is 6.07 Å². The van der Waals surface area contributed by atoms with Crippen LogP contribution in [0.4, 0.5) is 0 Å². The number of β-amino-alcohol motifs (C(OH)–C–C–N with tert-alkyl or cyclic N) is 1. The third-order valence-electron chi connectivity index (χ3n) is 3.61. The zero-order chi connectivity index (χ0) is 13.2. The van der Waals surface area contributed by atoms with Crippen molar-refractivity contribution >= 4 is 23.2 Å². The lowest BCUT2D eigenvalue weighted by Gasteiger charge is -2.24. The first-order chi connectivity index (χ1) is 8.55. The number of rotatable bonds is 4. The quantitative estimate of drug-likeness (QED) is 0.913. The van der Waals surface area contributed by atoms with Gasteiger partial charge in [-0.05, 0) is 37.1 Å². The highest BCUT2D eigenvalue weighted by molar-refractivity contribution is 6.42. The number of likely N-dealkylation sites (tertiary alicyclic amines) is 1. The smallest absolute Gasteiger partial charge is 0.104 e. The SMILES string of the molecule is CCCCN1CCC(O)(c2ccc(Cl)c(Cl)c2)C1. The third-order valence-corrected chi connectivity index (χ3v) is 4.35. The molecule has 1 aliphatic heterocycles. The lowest BCUT2D eigenvalue weighted by atomic mass is 9.93. The summed E-state index contributed by atoms with van der Waals surface area (Å²) in [7, 11) is 0. The Morgan fingerprint density at radius 3 is 2.78 bits per heavy atom. The second kappa shape index (κ2) is 5.79. The zero-order valence-electron chi connectivity index (χ0n) is 10.6. The summed E-state index contributed by atoms with van der Waals surface area (Å²) in [5.74, 6) is 0. The molecule has 18 heavy (non-hydrogen) atoms. The van der Waals surface area contributed by atoms with Gasteiger partial charge in [0.25, 0.3) is 0 Å². The molecule has 0 bridgehead atoms. The summed E-state index contributed by atoms with van der Waals surface area (Å²) in [6.07, 6.45) is 3.12. The summed E-state index contributed by atoms with van der Waals surface area (Å²) in [5.41, 5.74) is 0.0954. The summed E-state index contributed by atoms with van der Waals surface area (Å²) >= 11 is 11.9. The highest BCUT2D eigenvalue weighted by Crippen LogP contribution is 2.35. The van der Waals surface area contributed by atoms with Gasteiger partial charge in [-0.25, -0.2) is 0 Å². The van der Waals surface area contributed by atoms with E-state index in [1.54, 1.807) is 12.1 Å². The van der Waals surface area contributed by atoms with Crippen LogP contribution in [0.15, 0.2) is 18.2 Å². The first-order valence-electron chi connectivity index (χ1n) is 6.45. The van der Waals surface area contributed by atoms with Crippen LogP contribution in [-0.4, -0.2) is 29.6 Å². The Morgan fingerprint density at radius 2 is 2.11 bits per heavy atom. The molecule has 2 rings (SSSR count). The molecular weight excluding hydrogens is 269 g/mol. The molecule has 0 radical (unpaired) electrons. The Kier molecular flexibility index (Phi) is 4.54. The molecule has 0 aromatic heterocycles. The maximum Gasteiger partial charge on any atom is 0.104 e. The highest BCUT2D eigenvalue weighted by atomic mass is 35.5. The summed E-state index contributed by atoms with van der Waals surface area (Å²) in [6, 6.07) is 5.41. The van der Waals surface area contributed by atoms with Gasteiger partial charge >= 0.3 is 0 Å². The second-order valence-electron chi connectivity index (χ2n) is 5.04. The Hall–Kier alpha value is -0.280. The monoisotopic (exact) mass is 287 g/mol. The first-order valence-corrected chi connectivity index (χ1v) is 7.21. The number of hydrogen-bond donors (Lipinski definition) is 1.